The molecule has 78 valence electrons. The molecular weight excluding hydrogens is 304 g/mol. The molecule has 0 aromatic heterocycles. The van der Waals surface area contributed by atoms with Crippen molar-refractivity contribution in [1.82, 2.24) is 0 Å². The van der Waals surface area contributed by atoms with E-state index in [9.17, 15) is 0 Å². The van der Waals surface area contributed by atoms with Gasteiger partial charge in [0.05, 0.1) is 0 Å². The Labute approximate surface area is 103 Å². The van der Waals surface area contributed by atoms with Crippen LogP contribution < -0.4 is 0 Å². The number of halogens is 2. The van der Waals surface area contributed by atoms with E-state index in [1.807, 2.05) is 0 Å². The summed E-state index contributed by atoms with van der Waals surface area (Å²) >= 11 is 7.06. The summed E-state index contributed by atoms with van der Waals surface area (Å²) in [4.78, 5) is 0. The molecule has 0 spiro atoms. The van der Waals surface area contributed by atoms with Gasteiger partial charge in [-0.1, -0.05) is 62.2 Å². The highest BCUT2D eigenvalue weighted by Gasteiger charge is 2.04. The summed E-state index contributed by atoms with van der Waals surface area (Å²) < 4.78 is 0. The van der Waals surface area contributed by atoms with Gasteiger partial charge in [-0.25, -0.2) is 0 Å². The van der Waals surface area contributed by atoms with Gasteiger partial charge >= 0.3 is 0 Å². The molecule has 0 radical (unpaired) electrons. The Balaban J connectivity index is 2.21. The van der Waals surface area contributed by atoms with Crippen molar-refractivity contribution >= 4 is 31.9 Å². The van der Waals surface area contributed by atoms with E-state index in [2.05, 4.69) is 62.2 Å². The molecule has 1 aromatic rings. The molecule has 14 heavy (non-hydrogen) atoms. The summed E-state index contributed by atoms with van der Waals surface area (Å²) in [7, 11) is 0. The molecule has 0 aliphatic rings. The van der Waals surface area contributed by atoms with E-state index in [0.717, 1.165) is 16.6 Å². The highest BCUT2D eigenvalue weighted by Crippen LogP contribution is 2.14. The van der Waals surface area contributed by atoms with E-state index < -0.39 is 0 Å². The highest BCUT2D eigenvalue weighted by atomic mass is 79.9. The minimum absolute atomic E-state index is 0.777. The lowest BCUT2D eigenvalue weighted by molar-refractivity contribution is 0.578. The highest BCUT2D eigenvalue weighted by molar-refractivity contribution is 9.09. The van der Waals surface area contributed by atoms with Crippen LogP contribution in [0.1, 0.15) is 18.4 Å². The van der Waals surface area contributed by atoms with Crippen molar-refractivity contribution in [3.63, 3.8) is 0 Å². The lowest BCUT2D eigenvalue weighted by Crippen LogP contribution is -2.03. The zero-order valence-corrected chi connectivity index (χ0v) is 11.4. The summed E-state index contributed by atoms with van der Waals surface area (Å²) in [5.41, 5.74) is 1.45. The van der Waals surface area contributed by atoms with Gasteiger partial charge in [0.2, 0.25) is 0 Å². The minimum Gasteiger partial charge on any atom is -0.0925 e. The summed E-state index contributed by atoms with van der Waals surface area (Å²) in [5.74, 6) is 0.777. The third-order valence-corrected chi connectivity index (χ3v) is 4.19. The smallest absolute Gasteiger partial charge is 0.00676 e. The first-order valence-electron chi connectivity index (χ1n) is 5.02. The maximum absolute atomic E-state index is 3.53. The standard InChI is InChI=1S/C12H16Br2/c13-9-12(10-14)8-4-7-11-5-2-1-3-6-11/h1-3,5-6,12H,4,7-10H2. The summed E-state index contributed by atoms with van der Waals surface area (Å²) in [6, 6.07) is 10.7. The van der Waals surface area contributed by atoms with Crippen molar-refractivity contribution < 1.29 is 0 Å². The van der Waals surface area contributed by atoms with Gasteiger partial charge < -0.3 is 0 Å². The Bertz CT molecular complexity index is 229. The van der Waals surface area contributed by atoms with E-state index in [-0.39, 0.29) is 0 Å². The van der Waals surface area contributed by atoms with Gasteiger partial charge in [-0.15, -0.1) is 0 Å². The Hall–Kier alpha value is 0.180. The van der Waals surface area contributed by atoms with Crippen LogP contribution in [-0.2, 0) is 6.42 Å². The second-order valence-corrected chi connectivity index (χ2v) is 4.85. The second-order valence-electron chi connectivity index (χ2n) is 3.55. The van der Waals surface area contributed by atoms with E-state index in [4.69, 9.17) is 0 Å². The molecule has 0 atom stereocenters. The first-order valence-corrected chi connectivity index (χ1v) is 7.27. The van der Waals surface area contributed by atoms with Crippen LogP contribution in [0.25, 0.3) is 0 Å². The van der Waals surface area contributed by atoms with Crippen LogP contribution in [0.4, 0.5) is 0 Å². The van der Waals surface area contributed by atoms with Crippen LogP contribution in [0, 0.1) is 5.92 Å². The van der Waals surface area contributed by atoms with Crippen molar-refractivity contribution in [3.8, 4) is 0 Å². The second kappa shape index (κ2) is 7.47. The average Bonchev–Trinajstić information content (AvgIpc) is 2.26. The van der Waals surface area contributed by atoms with Crippen molar-refractivity contribution in [3.05, 3.63) is 35.9 Å². The van der Waals surface area contributed by atoms with Crippen LogP contribution in [0.15, 0.2) is 30.3 Å². The normalized spacial score (nSPS) is 10.8. The third kappa shape index (κ3) is 4.61. The minimum atomic E-state index is 0.777. The first kappa shape index (κ1) is 12.3. The molecule has 2 heteroatoms. The van der Waals surface area contributed by atoms with Gasteiger partial charge in [-0.05, 0) is 30.7 Å². The maximum atomic E-state index is 3.53. The van der Waals surface area contributed by atoms with Crippen LogP contribution in [0.5, 0.6) is 0 Å². The van der Waals surface area contributed by atoms with Crippen LogP contribution in [0.2, 0.25) is 0 Å². The van der Waals surface area contributed by atoms with E-state index in [1.54, 1.807) is 0 Å². The van der Waals surface area contributed by atoms with Gasteiger partial charge in [-0.2, -0.15) is 0 Å². The number of hydrogen-bond donors (Lipinski definition) is 0. The van der Waals surface area contributed by atoms with E-state index in [0.29, 0.717) is 0 Å². The number of rotatable bonds is 6. The molecule has 1 aromatic carbocycles. The van der Waals surface area contributed by atoms with Gasteiger partial charge in [0.1, 0.15) is 0 Å². The molecule has 0 heterocycles. The predicted molar refractivity (Wildman–Crippen MR) is 70.5 cm³/mol. The summed E-state index contributed by atoms with van der Waals surface area (Å²) in [5, 5.41) is 2.21. The van der Waals surface area contributed by atoms with Crippen molar-refractivity contribution in [2.24, 2.45) is 5.92 Å². The zero-order chi connectivity index (χ0) is 10.2. The molecule has 0 nitrogen and oxygen atoms in total. The molecule has 0 saturated carbocycles. The zero-order valence-electron chi connectivity index (χ0n) is 8.26. The molecule has 0 unspecified atom stereocenters. The molecule has 0 N–H and O–H groups in total. The fourth-order valence-electron chi connectivity index (χ4n) is 1.44. The fraction of sp³-hybridized carbons (Fsp3) is 0.500. The van der Waals surface area contributed by atoms with Crippen molar-refractivity contribution in [2.75, 3.05) is 10.7 Å². The molecule has 0 saturated heterocycles. The monoisotopic (exact) mass is 318 g/mol. The first-order chi connectivity index (χ1) is 6.86. The van der Waals surface area contributed by atoms with Crippen molar-refractivity contribution in [2.45, 2.75) is 19.3 Å². The molecule has 0 amide bonds. The summed E-state index contributed by atoms with van der Waals surface area (Å²) in [6.07, 6.45) is 3.79. The van der Waals surface area contributed by atoms with E-state index >= 15 is 0 Å². The number of alkyl halides is 2. The molecule has 1 rings (SSSR count). The van der Waals surface area contributed by atoms with Gasteiger partial charge in [0.15, 0.2) is 0 Å². The van der Waals surface area contributed by atoms with Crippen molar-refractivity contribution in [1.29, 1.82) is 0 Å². The number of aryl methyl sites for hydroxylation is 1. The Morgan fingerprint density at radius 1 is 1.00 bits per heavy atom. The Morgan fingerprint density at radius 3 is 2.21 bits per heavy atom. The van der Waals surface area contributed by atoms with E-state index in [1.165, 1.54) is 24.8 Å². The summed E-state index contributed by atoms with van der Waals surface area (Å²) in [6.45, 7) is 0. The van der Waals surface area contributed by atoms with Crippen LogP contribution in [0.3, 0.4) is 0 Å². The van der Waals surface area contributed by atoms with Crippen LogP contribution in [-0.4, -0.2) is 10.7 Å². The van der Waals surface area contributed by atoms with Gasteiger partial charge in [-0.3, -0.25) is 0 Å². The third-order valence-electron chi connectivity index (χ3n) is 2.36. The number of hydrogen-bond acceptors (Lipinski definition) is 0. The molecule has 0 aliphatic carbocycles. The molecule has 0 fully saturated rings. The fourth-order valence-corrected chi connectivity index (χ4v) is 3.15. The average molecular weight is 320 g/mol. The SMILES string of the molecule is BrCC(CBr)CCCc1ccccc1. The lowest BCUT2D eigenvalue weighted by atomic mass is 10.0. The molecule has 0 bridgehead atoms. The topological polar surface area (TPSA) is 0 Å². The number of benzene rings is 1. The lowest BCUT2D eigenvalue weighted by Gasteiger charge is -2.09. The largest absolute Gasteiger partial charge is 0.0925 e. The van der Waals surface area contributed by atoms with Gasteiger partial charge in [0.25, 0.3) is 0 Å². The van der Waals surface area contributed by atoms with Gasteiger partial charge in [0, 0.05) is 10.7 Å². The molecule has 0 aliphatic heterocycles. The Morgan fingerprint density at radius 2 is 1.64 bits per heavy atom. The quantitative estimate of drug-likeness (QED) is 0.681. The molecular formula is C12H16Br2. The maximum Gasteiger partial charge on any atom is 0.00676 e. The predicted octanol–water partition coefficient (Wildman–Crippen LogP) is 4.42. The van der Waals surface area contributed by atoms with Crippen LogP contribution >= 0.6 is 31.9 Å². The Kier molecular flexibility index (Phi) is 6.54.